The molecule has 1 aliphatic carbocycles. The van der Waals surface area contributed by atoms with E-state index in [1.807, 2.05) is 0 Å². The molecule has 0 N–H and O–H groups in total. The molecule has 2 aliphatic heterocycles. The Kier molecular flexibility index (Phi) is 7.38. The Morgan fingerprint density at radius 1 is 1.16 bits per heavy atom. The molecule has 3 heterocycles. The van der Waals surface area contributed by atoms with Crippen molar-refractivity contribution in [2.45, 2.75) is 49.9 Å². The van der Waals surface area contributed by atoms with Gasteiger partial charge in [0.25, 0.3) is 5.91 Å². The molecule has 3 aliphatic rings. The van der Waals surface area contributed by atoms with E-state index in [-0.39, 0.29) is 35.2 Å². The Labute approximate surface area is 224 Å². The lowest BCUT2D eigenvalue weighted by atomic mass is 9.75. The van der Waals surface area contributed by atoms with Crippen LogP contribution in [0, 0.1) is 11.3 Å². The summed E-state index contributed by atoms with van der Waals surface area (Å²) in [5.41, 5.74) is -2.00. The van der Waals surface area contributed by atoms with Crippen LogP contribution in [0.2, 0.25) is 0 Å². The van der Waals surface area contributed by atoms with Gasteiger partial charge in [-0.3, -0.25) is 9.69 Å². The number of aromatic nitrogens is 1. The Morgan fingerprint density at radius 3 is 2.38 bits per heavy atom. The maximum Gasteiger partial charge on any atom is 0.417 e. The topological polar surface area (TPSA) is 72.7 Å². The molecule has 1 amide bonds. The van der Waals surface area contributed by atoms with Crippen LogP contribution in [0.5, 0.6) is 5.88 Å². The smallest absolute Gasteiger partial charge is 0.417 e. The molecular weight excluding hydrogens is 527 g/mol. The van der Waals surface area contributed by atoms with Gasteiger partial charge in [-0.25, -0.2) is 4.98 Å². The lowest BCUT2D eigenvalue weighted by Crippen LogP contribution is -2.55. The van der Waals surface area contributed by atoms with Gasteiger partial charge in [0, 0.05) is 19.2 Å². The van der Waals surface area contributed by atoms with Crippen molar-refractivity contribution < 1.29 is 22.7 Å². The van der Waals surface area contributed by atoms with Crippen LogP contribution >= 0.6 is 24.6 Å². The van der Waals surface area contributed by atoms with Crippen molar-refractivity contribution >= 4 is 47.0 Å². The lowest BCUT2D eigenvalue weighted by Gasteiger charge is -2.42. The quantitative estimate of drug-likeness (QED) is 0.499. The van der Waals surface area contributed by atoms with Crippen molar-refractivity contribution in [3.05, 3.63) is 47.7 Å². The number of amides is 1. The number of carbonyl (C=O) groups excluding carboxylic acids is 1. The third-order valence-corrected chi connectivity index (χ3v) is 7.58. The van der Waals surface area contributed by atoms with E-state index in [1.54, 1.807) is 29.3 Å². The monoisotopic (exact) mass is 551 g/mol. The number of thiocarbonyl (C=S) groups is 1. The van der Waals surface area contributed by atoms with Gasteiger partial charge >= 0.3 is 6.18 Å². The normalized spacial score (nSPS) is 20.0. The summed E-state index contributed by atoms with van der Waals surface area (Å²) in [6, 6.07) is 8.29. The van der Waals surface area contributed by atoms with Gasteiger partial charge in [-0.1, -0.05) is 0 Å². The number of carbonyl (C=O) groups is 1. The molecule has 0 bridgehead atoms. The average Bonchev–Trinajstić information content (AvgIpc) is 3.07. The second-order valence-corrected chi connectivity index (χ2v) is 9.82. The first-order valence-corrected chi connectivity index (χ1v) is 12.2. The van der Waals surface area contributed by atoms with Crippen molar-refractivity contribution in [3.8, 4) is 11.9 Å². The highest BCUT2D eigenvalue weighted by molar-refractivity contribution is 7.81. The Morgan fingerprint density at radius 2 is 1.84 bits per heavy atom. The van der Waals surface area contributed by atoms with Crippen LogP contribution in [-0.2, 0) is 11.0 Å². The second kappa shape index (κ2) is 10.1. The summed E-state index contributed by atoms with van der Waals surface area (Å²) in [5, 5.41) is 9.20. The minimum Gasteiger partial charge on any atom is -0.474 e. The minimum absolute atomic E-state index is 0. The summed E-state index contributed by atoms with van der Waals surface area (Å²) in [6.07, 6.45) is 0.601. The number of nitrogens with zero attached hydrogens (tertiary/aromatic N) is 5. The summed E-state index contributed by atoms with van der Waals surface area (Å²) in [4.78, 5) is 23.1. The number of likely N-dealkylation sites (tertiary alicyclic amines) is 1. The van der Waals surface area contributed by atoms with Crippen LogP contribution in [0.3, 0.4) is 0 Å². The summed E-state index contributed by atoms with van der Waals surface area (Å²) in [5.74, 6) is 0.106. The zero-order valence-corrected chi connectivity index (χ0v) is 21.6. The van der Waals surface area contributed by atoms with Gasteiger partial charge < -0.3 is 14.5 Å². The summed E-state index contributed by atoms with van der Waals surface area (Å²) < 4.78 is 46.7. The van der Waals surface area contributed by atoms with Crippen molar-refractivity contribution in [2.75, 3.05) is 29.9 Å². The number of benzene rings is 1. The van der Waals surface area contributed by atoms with Gasteiger partial charge in [0.2, 0.25) is 5.88 Å². The predicted molar refractivity (Wildman–Crippen MR) is 138 cm³/mol. The van der Waals surface area contributed by atoms with Crippen molar-refractivity contribution in [2.24, 2.45) is 0 Å². The molecule has 1 spiro atoms. The van der Waals surface area contributed by atoms with E-state index in [2.05, 4.69) is 16.9 Å². The van der Waals surface area contributed by atoms with E-state index in [1.165, 1.54) is 6.07 Å². The number of alkyl halides is 3. The molecule has 37 heavy (non-hydrogen) atoms. The van der Waals surface area contributed by atoms with Crippen molar-refractivity contribution in [3.63, 3.8) is 0 Å². The van der Waals surface area contributed by atoms with Gasteiger partial charge in [0.1, 0.15) is 11.6 Å². The van der Waals surface area contributed by atoms with Crippen LogP contribution < -0.4 is 14.5 Å². The van der Waals surface area contributed by atoms with E-state index in [4.69, 9.17) is 22.2 Å². The molecule has 0 unspecified atom stereocenters. The molecule has 1 saturated carbocycles. The number of halogens is 4. The summed E-state index contributed by atoms with van der Waals surface area (Å²) >= 11 is 5.65. The highest BCUT2D eigenvalue weighted by atomic mass is 35.5. The van der Waals surface area contributed by atoms with Crippen LogP contribution in [0.15, 0.2) is 36.5 Å². The number of hydrogen-bond acceptors (Lipinski definition) is 6. The van der Waals surface area contributed by atoms with E-state index >= 15 is 0 Å². The number of hydrogen-bond donors (Lipinski definition) is 0. The third-order valence-electron chi connectivity index (χ3n) is 7.21. The number of ether oxygens (including phenoxy) is 1. The van der Waals surface area contributed by atoms with Crippen molar-refractivity contribution in [1.82, 2.24) is 9.88 Å². The molecule has 7 nitrogen and oxygen atoms in total. The first-order chi connectivity index (χ1) is 17.1. The van der Waals surface area contributed by atoms with Gasteiger partial charge in [0.05, 0.1) is 34.8 Å². The molecule has 0 radical (unpaired) electrons. The summed E-state index contributed by atoms with van der Waals surface area (Å²) in [6.45, 7) is 1.91. The third kappa shape index (κ3) is 4.74. The van der Waals surface area contributed by atoms with Crippen LogP contribution in [-0.4, -0.2) is 52.7 Å². The zero-order chi connectivity index (χ0) is 25.7. The SMILES string of the molecule is CN1CCC(Oc2ccc(N3C(=S)N(c4ccc(C#N)c(C(F)(F)F)c4)C(=O)C34CCC4)cn2)CC1.Cl. The molecular formula is C25H25ClF3N5O2S. The number of pyridine rings is 1. The van der Waals surface area contributed by atoms with Crippen LogP contribution in [0.25, 0.3) is 0 Å². The highest BCUT2D eigenvalue weighted by Crippen LogP contribution is 2.48. The van der Waals surface area contributed by atoms with Gasteiger partial charge in [-0.2, -0.15) is 18.4 Å². The largest absolute Gasteiger partial charge is 0.474 e. The molecule has 5 rings (SSSR count). The lowest BCUT2D eigenvalue weighted by molar-refractivity contribution is -0.137. The standard InChI is InChI=1S/C25H24F3N5O2S.ClH/c1-31-11-7-19(8-12-31)35-21-6-5-18(15-30-21)33-23(36)32(22(34)24(33)9-2-10-24)17-4-3-16(14-29)20(13-17)25(26,27)28;/h3-6,13,15,19H,2,7-12H2,1H3;1H. The van der Waals surface area contributed by atoms with E-state index in [0.29, 0.717) is 24.4 Å². The first kappa shape index (κ1) is 27.1. The maximum atomic E-state index is 13.6. The van der Waals surface area contributed by atoms with Crippen LogP contribution in [0.1, 0.15) is 43.2 Å². The molecule has 3 fully saturated rings. The molecule has 12 heteroatoms. The highest BCUT2D eigenvalue weighted by Gasteiger charge is 2.59. The molecule has 0 atom stereocenters. The Balaban J connectivity index is 0.00000320. The van der Waals surface area contributed by atoms with E-state index in [9.17, 15) is 18.0 Å². The van der Waals surface area contributed by atoms with Crippen molar-refractivity contribution in [1.29, 1.82) is 5.26 Å². The Hall–Kier alpha value is -2.94. The first-order valence-electron chi connectivity index (χ1n) is 11.8. The number of rotatable bonds is 4. The molecule has 2 aromatic rings. The summed E-state index contributed by atoms with van der Waals surface area (Å²) in [7, 11) is 2.07. The van der Waals surface area contributed by atoms with Crippen LogP contribution in [0.4, 0.5) is 24.5 Å². The second-order valence-electron chi connectivity index (χ2n) is 9.46. The molecule has 1 aromatic heterocycles. The van der Waals surface area contributed by atoms with E-state index < -0.39 is 22.8 Å². The number of piperidine rings is 1. The molecule has 1 aromatic carbocycles. The van der Waals surface area contributed by atoms with Gasteiger partial charge in [-0.15, -0.1) is 12.4 Å². The number of nitriles is 1. The molecule has 196 valence electrons. The fourth-order valence-corrected chi connectivity index (χ4v) is 5.53. The maximum absolute atomic E-state index is 13.6. The minimum atomic E-state index is -4.74. The number of anilines is 2. The van der Waals surface area contributed by atoms with Gasteiger partial charge in [-0.05, 0) is 75.6 Å². The molecule has 2 saturated heterocycles. The fourth-order valence-electron chi connectivity index (χ4n) is 5.06. The predicted octanol–water partition coefficient (Wildman–Crippen LogP) is 4.93. The Bertz CT molecular complexity index is 1240. The fraction of sp³-hybridized carbons (Fsp3) is 0.440. The average molecular weight is 552 g/mol. The van der Waals surface area contributed by atoms with E-state index in [0.717, 1.165) is 49.4 Å². The zero-order valence-electron chi connectivity index (χ0n) is 20.0. The van der Waals surface area contributed by atoms with Gasteiger partial charge in [0.15, 0.2) is 5.11 Å².